The van der Waals surface area contributed by atoms with E-state index in [1.807, 2.05) is 6.26 Å². The molecule has 0 radical (unpaired) electrons. The molecule has 2 N–H and O–H groups in total. The molecular weight excluding hydrogens is 198 g/mol. The number of rotatable bonds is 4. The highest BCUT2D eigenvalue weighted by atomic mass is 32.2. The molecule has 0 fully saturated rings. The van der Waals surface area contributed by atoms with Gasteiger partial charge in [0, 0.05) is 12.2 Å². The first kappa shape index (κ1) is 10.9. The average molecular weight is 211 g/mol. The Labute approximate surface area is 87.5 Å². The summed E-state index contributed by atoms with van der Waals surface area (Å²) in [6.07, 6.45) is 2.42. The maximum atomic E-state index is 11.3. The molecule has 0 atom stereocenters. The fourth-order valence-electron chi connectivity index (χ4n) is 0.987. The third-order valence-electron chi connectivity index (χ3n) is 1.71. The largest absolute Gasteiger partial charge is 0.506 e. The predicted molar refractivity (Wildman–Crippen MR) is 59.7 cm³/mol. The molecule has 0 aromatic heterocycles. The van der Waals surface area contributed by atoms with E-state index in [1.54, 1.807) is 36.0 Å². The molecule has 0 aliphatic rings. The lowest BCUT2D eigenvalue weighted by molar-refractivity contribution is -0.115. The molecule has 0 spiro atoms. The van der Waals surface area contributed by atoms with E-state index in [-0.39, 0.29) is 11.7 Å². The number of hydrogen-bond acceptors (Lipinski definition) is 3. The number of para-hydroxylation sites is 2. The summed E-state index contributed by atoms with van der Waals surface area (Å²) in [4.78, 5) is 11.3. The smallest absolute Gasteiger partial charge is 0.225 e. The van der Waals surface area contributed by atoms with Gasteiger partial charge in [0.2, 0.25) is 5.91 Å². The Morgan fingerprint density at radius 1 is 1.50 bits per heavy atom. The van der Waals surface area contributed by atoms with E-state index in [4.69, 9.17) is 0 Å². The lowest BCUT2D eigenvalue weighted by Crippen LogP contribution is -2.12. The highest BCUT2D eigenvalue weighted by Gasteiger charge is 2.04. The topological polar surface area (TPSA) is 49.3 Å². The van der Waals surface area contributed by atoms with Crippen LogP contribution in [0.5, 0.6) is 5.75 Å². The quantitative estimate of drug-likeness (QED) is 0.750. The van der Waals surface area contributed by atoms with Gasteiger partial charge in [-0.2, -0.15) is 11.8 Å². The minimum atomic E-state index is -0.0687. The number of nitrogens with one attached hydrogen (secondary N) is 1. The predicted octanol–water partition coefficient (Wildman–Crippen LogP) is 2.08. The maximum absolute atomic E-state index is 11.3. The van der Waals surface area contributed by atoms with Crippen LogP contribution >= 0.6 is 11.8 Å². The van der Waals surface area contributed by atoms with Gasteiger partial charge in [-0.25, -0.2) is 0 Å². The molecule has 0 aliphatic carbocycles. The van der Waals surface area contributed by atoms with Gasteiger partial charge >= 0.3 is 0 Å². The summed E-state index contributed by atoms with van der Waals surface area (Å²) < 4.78 is 0. The Bertz CT molecular complexity index is 315. The average Bonchev–Trinajstić information content (AvgIpc) is 2.18. The fourth-order valence-corrected chi connectivity index (χ4v) is 1.38. The van der Waals surface area contributed by atoms with Crippen molar-refractivity contribution in [2.45, 2.75) is 6.42 Å². The van der Waals surface area contributed by atoms with Crippen molar-refractivity contribution in [3.63, 3.8) is 0 Å². The SMILES string of the molecule is CSCCC(=O)Nc1ccccc1O. The molecule has 0 saturated heterocycles. The first-order valence-electron chi connectivity index (χ1n) is 4.31. The van der Waals surface area contributed by atoms with Gasteiger partial charge in [-0.3, -0.25) is 4.79 Å². The van der Waals surface area contributed by atoms with Crippen LogP contribution in [0.4, 0.5) is 5.69 Å². The number of anilines is 1. The zero-order chi connectivity index (χ0) is 10.4. The third-order valence-corrected chi connectivity index (χ3v) is 2.32. The number of benzene rings is 1. The van der Waals surface area contributed by atoms with Crippen molar-refractivity contribution in [2.75, 3.05) is 17.3 Å². The summed E-state index contributed by atoms with van der Waals surface area (Å²) in [6.45, 7) is 0. The molecule has 0 aliphatic heterocycles. The van der Waals surface area contributed by atoms with E-state index >= 15 is 0 Å². The summed E-state index contributed by atoms with van der Waals surface area (Å²) in [5.41, 5.74) is 0.471. The van der Waals surface area contributed by atoms with Crippen molar-refractivity contribution in [1.82, 2.24) is 0 Å². The second-order valence-electron chi connectivity index (χ2n) is 2.81. The van der Waals surface area contributed by atoms with Crippen LogP contribution in [0.3, 0.4) is 0 Å². The van der Waals surface area contributed by atoms with Crippen LogP contribution in [-0.4, -0.2) is 23.0 Å². The summed E-state index contributed by atoms with van der Waals surface area (Å²) in [7, 11) is 0. The fraction of sp³-hybridized carbons (Fsp3) is 0.300. The lowest BCUT2D eigenvalue weighted by atomic mass is 10.3. The summed E-state index contributed by atoms with van der Waals surface area (Å²) in [6, 6.07) is 6.70. The van der Waals surface area contributed by atoms with Gasteiger partial charge in [-0.05, 0) is 18.4 Å². The molecule has 1 rings (SSSR count). The molecule has 0 bridgehead atoms. The van der Waals surface area contributed by atoms with Crippen LogP contribution in [0.2, 0.25) is 0 Å². The summed E-state index contributed by atoms with van der Waals surface area (Å²) >= 11 is 1.62. The van der Waals surface area contributed by atoms with E-state index in [1.165, 1.54) is 0 Å². The summed E-state index contributed by atoms with van der Waals surface area (Å²) in [5.74, 6) is 0.824. The maximum Gasteiger partial charge on any atom is 0.225 e. The molecule has 1 aromatic rings. The Balaban J connectivity index is 2.52. The number of phenols is 1. The van der Waals surface area contributed by atoms with Crippen molar-refractivity contribution in [2.24, 2.45) is 0 Å². The van der Waals surface area contributed by atoms with Crippen molar-refractivity contribution in [1.29, 1.82) is 0 Å². The number of amides is 1. The number of aromatic hydroxyl groups is 1. The van der Waals surface area contributed by atoms with Gasteiger partial charge in [0.15, 0.2) is 0 Å². The molecule has 4 heteroatoms. The van der Waals surface area contributed by atoms with Crippen LogP contribution in [0, 0.1) is 0 Å². The Kier molecular flexibility index (Phi) is 4.32. The Morgan fingerprint density at radius 3 is 2.86 bits per heavy atom. The molecule has 14 heavy (non-hydrogen) atoms. The number of carbonyl (C=O) groups is 1. The molecule has 0 unspecified atom stereocenters. The van der Waals surface area contributed by atoms with Gasteiger partial charge in [-0.15, -0.1) is 0 Å². The minimum Gasteiger partial charge on any atom is -0.506 e. The molecule has 76 valence electrons. The monoisotopic (exact) mass is 211 g/mol. The van der Waals surface area contributed by atoms with E-state index in [0.29, 0.717) is 12.1 Å². The van der Waals surface area contributed by atoms with Crippen molar-refractivity contribution < 1.29 is 9.90 Å². The van der Waals surface area contributed by atoms with E-state index in [9.17, 15) is 9.90 Å². The van der Waals surface area contributed by atoms with Gasteiger partial charge in [0.1, 0.15) is 5.75 Å². The van der Waals surface area contributed by atoms with Gasteiger partial charge in [0.25, 0.3) is 0 Å². The van der Waals surface area contributed by atoms with Crippen LogP contribution in [0.25, 0.3) is 0 Å². The van der Waals surface area contributed by atoms with Crippen LogP contribution in [-0.2, 0) is 4.79 Å². The zero-order valence-electron chi connectivity index (χ0n) is 7.99. The van der Waals surface area contributed by atoms with Crippen LogP contribution in [0.15, 0.2) is 24.3 Å². The van der Waals surface area contributed by atoms with E-state index in [0.717, 1.165) is 5.75 Å². The molecule has 0 heterocycles. The zero-order valence-corrected chi connectivity index (χ0v) is 8.80. The van der Waals surface area contributed by atoms with Crippen molar-refractivity contribution in [3.8, 4) is 5.75 Å². The standard InChI is InChI=1S/C10H13NO2S/c1-14-7-6-10(13)11-8-4-2-3-5-9(8)12/h2-5,12H,6-7H2,1H3,(H,11,13). The highest BCUT2D eigenvalue weighted by Crippen LogP contribution is 2.21. The Morgan fingerprint density at radius 2 is 2.21 bits per heavy atom. The van der Waals surface area contributed by atoms with Gasteiger partial charge in [-0.1, -0.05) is 12.1 Å². The highest BCUT2D eigenvalue weighted by molar-refractivity contribution is 7.98. The molecule has 0 saturated carbocycles. The third kappa shape index (κ3) is 3.30. The first-order chi connectivity index (χ1) is 6.74. The summed E-state index contributed by atoms with van der Waals surface area (Å²) in [5, 5.41) is 12.0. The number of carbonyl (C=O) groups excluding carboxylic acids is 1. The molecule has 3 nitrogen and oxygen atoms in total. The normalized spacial score (nSPS) is 9.79. The minimum absolute atomic E-state index is 0.0687. The van der Waals surface area contributed by atoms with E-state index in [2.05, 4.69) is 5.32 Å². The van der Waals surface area contributed by atoms with Crippen molar-refractivity contribution >= 4 is 23.4 Å². The van der Waals surface area contributed by atoms with Crippen molar-refractivity contribution in [3.05, 3.63) is 24.3 Å². The van der Waals surface area contributed by atoms with Gasteiger partial charge < -0.3 is 10.4 Å². The van der Waals surface area contributed by atoms with Crippen LogP contribution < -0.4 is 5.32 Å². The van der Waals surface area contributed by atoms with Gasteiger partial charge in [0.05, 0.1) is 5.69 Å². The molecule has 1 amide bonds. The second kappa shape index (κ2) is 5.54. The lowest BCUT2D eigenvalue weighted by Gasteiger charge is -2.05. The number of phenolic OH excluding ortho intramolecular Hbond substituents is 1. The second-order valence-corrected chi connectivity index (χ2v) is 3.79. The Hall–Kier alpha value is -1.16. The van der Waals surface area contributed by atoms with Crippen LogP contribution in [0.1, 0.15) is 6.42 Å². The number of thioether (sulfide) groups is 1. The molecule has 1 aromatic carbocycles. The first-order valence-corrected chi connectivity index (χ1v) is 5.70. The number of hydrogen-bond donors (Lipinski definition) is 2. The molecular formula is C10H13NO2S. The van der Waals surface area contributed by atoms with E-state index < -0.39 is 0 Å².